The quantitative estimate of drug-likeness (QED) is 0.797. The molecule has 0 aliphatic rings. The zero-order valence-corrected chi connectivity index (χ0v) is 10.1. The Bertz CT molecular complexity index is 654. The van der Waals surface area contributed by atoms with E-state index in [-0.39, 0.29) is 12.1 Å². The van der Waals surface area contributed by atoms with E-state index in [9.17, 15) is 8.78 Å². The SMILES string of the molecule is C/C(C#N)=C(\Cn1cncn1)c1cc(F)ccc1F. The van der Waals surface area contributed by atoms with Gasteiger partial charge in [-0.2, -0.15) is 10.4 Å². The van der Waals surface area contributed by atoms with Gasteiger partial charge in [-0.15, -0.1) is 0 Å². The maximum absolute atomic E-state index is 13.8. The van der Waals surface area contributed by atoms with E-state index >= 15 is 0 Å². The van der Waals surface area contributed by atoms with Gasteiger partial charge in [-0.1, -0.05) is 0 Å². The van der Waals surface area contributed by atoms with Crippen molar-refractivity contribution in [1.82, 2.24) is 14.8 Å². The minimum atomic E-state index is -0.578. The molecule has 96 valence electrons. The molecule has 0 aliphatic carbocycles. The van der Waals surface area contributed by atoms with Crippen LogP contribution < -0.4 is 0 Å². The largest absolute Gasteiger partial charge is 0.248 e. The standard InChI is InChI=1S/C13H10F2N4/c1-9(5-16)12(6-19-8-17-7-18-19)11-4-10(14)2-3-13(11)15/h2-4,7-8H,6H2,1H3/b12-9-. The van der Waals surface area contributed by atoms with E-state index in [0.717, 1.165) is 18.2 Å². The van der Waals surface area contributed by atoms with Crippen LogP contribution in [0.15, 0.2) is 36.4 Å². The second kappa shape index (κ2) is 5.40. The van der Waals surface area contributed by atoms with Crippen LogP contribution in [0.3, 0.4) is 0 Å². The third-order valence-electron chi connectivity index (χ3n) is 2.66. The summed E-state index contributed by atoms with van der Waals surface area (Å²) in [5.41, 5.74) is 0.750. The molecule has 0 N–H and O–H groups in total. The lowest BCUT2D eigenvalue weighted by atomic mass is 10.0. The van der Waals surface area contributed by atoms with Crippen molar-refractivity contribution in [2.45, 2.75) is 13.5 Å². The van der Waals surface area contributed by atoms with Gasteiger partial charge in [0.05, 0.1) is 12.6 Å². The summed E-state index contributed by atoms with van der Waals surface area (Å²) in [5.74, 6) is -1.13. The molecule has 2 aromatic rings. The van der Waals surface area contributed by atoms with Gasteiger partial charge in [0.15, 0.2) is 0 Å². The van der Waals surface area contributed by atoms with Gasteiger partial charge in [0.25, 0.3) is 0 Å². The van der Waals surface area contributed by atoms with Gasteiger partial charge in [-0.05, 0) is 30.7 Å². The molecule has 4 nitrogen and oxygen atoms in total. The smallest absolute Gasteiger partial charge is 0.137 e. The van der Waals surface area contributed by atoms with Crippen LogP contribution in [0.1, 0.15) is 12.5 Å². The second-order valence-corrected chi connectivity index (χ2v) is 3.93. The third kappa shape index (κ3) is 2.83. The van der Waals surface area contributed by atoms with E-state index in [1.807, 2.05) is 6.07 Å². The van der Waals surface area contributed by atoms with Crippen molar-refractivity contribution in [3.05, 3.63) is 53.6 Å². The number of hydrogen-bond acceptors (Lipinski definition) is 3. The predicted octanol–water partition coefficient (Wildman–Crippen LogP) is 2.55. The summed E-state index contributed by atoms with van der Waals surface area (Å²) in [5, 5.41) is 12.9. The topological polar surface area (TPSA) is 54.5 Å². The first kappa shape index (κ1) is 12.9. The third-order valence-corrected chi connectivity index (χ3v) is 2.66. The molecule has 0 saturated carbocycles. The molecule has 0 spiro atoms. The molecule has 6 heteroatoms. The van der Waals surface area contributed by atoms with Crippen molar-refractivity contribution >= 4 is 5.57 Å². The number of nitriles is 1. The minimum Gasteiger partial charge on any atom is -0.248 e. The molecule has 0 unspecified atom stereocenters. The van der Waals surface area contributed by atoms with Crippen molar-refractivity contribution < 1.29 is 8.78 Å². The molecule has 0 amide bonds. The summed E-state index contributed by atoms with van der Waals surface area (Å²) in [7, 11) is 0. The first-order valence-corrected chi connectivity index (χ1v) is 5.49. The molecular formula is C13H10F2N4. The first-order chi connectivity index (χ1) is 9.11. The zero-order valence-electron chi connectivity index (χ0n) is 10.1. The van der Waals surface area contributed by atoms with Gasteiger partial charge in [0, 0.05) is 11.1 Å². The minimum absolute atomic E-state index is 0.0644. The predicted molar refractivity (Wildman–Crippen MR) is 64.6 cm³/mol. The maximum Gasteiger partial charge on any atom is 0.137 e. The summed E-state index contributed by atoms with van der Waals surface area (Å²) in [4.78, 5) is 3.77. The maximum atomic E-state index is 13.8. The summed E-state index contributed by atoms with van der Waals surface area (Å²) >= 11 is 0. The molecule has 1 heterocycles. The van der Waals surface area contributed by atoms with Crippen LogP contribution in [0.4, 0.5) is 8.78 Å². The highest BCUT2D eigenvalue weighted by molar-refractivity contribution is 5.71. The van der Waals surface area contributed by atoms with Crippen LogP contribution in [0.5, 0.6) is 0 Å². The van der Waals surface area contributed by atoms with E-state index in [1.54, 1.807) is 6.92 Å². The van der Waals surface area contributed by atoms with Crippen molar-refractivity contribution in [3.8, 4) is 6.07 Å². The summed E-state index contributed by atoms with van der Waals surface area (Å²) < 4.78 is 28.5. The van der Waals surface area contributed by atoms with E-state index in [4.69, 9.17) is 5.26 Å². The molecule has 0 saturated heterocycles. The van der Waals surface area contributed by atoms with Crippen molar-refractivity contribution in [2.75, 3.05) is 0 Å². The van der Waals surface area contributed by atoms with E-state index in [2.05, 4.69) is 10.1 Å². The Labute approximate surface area is 108 Å². The highest BCUT2D eigenvalue weighted by Gasteiger charge is 2.13. The first-order valence-electron chi connectivity index (χ1n) is 5.49. The summed E-state index contributed by atoms with van der Waals surface area (Å²) in [6, 6.07) is 5.10. The van der Waals surface area contributed by atoms with Crippen molar-refractivity contribution in [3.63, 3.8) is 0 Å². The van der Waals surface area contributed by atoms with Crippen molar-refractivity contribution in [2.24, 2.45) is 0 Å². The molecule has 0 fully saturated rings. The Kier molecular flexibility index (Phi) is 3.66. The summed E-state index contributed by atoms with van der Waals surface area (Å²) in [6.07, 6.45) is 2.78. The van der Waals surface area contributed by atoms with E-state index in [1.165, 1.54) is 17.3 Å². The number of aromatic nitrogens is 3. The number of halogens is 2. The van der Waals surface area contributed by atoms with E-state index in [0.29, 0.717) is 11.1 Å². The van der Waals surface area contributed by atoms with Gasteiger partial charge in [-0.3, -0.25) is 0 Å². The Morgan fingerprint density at radius 1 is 1.42 bits per heavy atom. The van der Waals surface area contributed by atoms with Crippen LogP contribution in [-0.4, -0.2) is 14.8 Å². The molecule has 19 heavy (non-hydrogen) atoms. The number of allylic oxidation sites excluding steroid dienone is 2. The van der Waals surface area contributed by atoms with Crippen LogP contribution in [-0.2, 0) is 6.54 Å². The molecule has 2 rings (SSSR count). The second-order valence-electron chi connectivity index (χ2n) is 3.93. The lowest BCUT2D eigenvalue weighted by Crippen LogP contribution is -2.05. The Morgan fingerprint density at radius 2 is 2.21 bits per heavy atom. The highest BCUT2D eigenvalue weighted by Crippen LogP contribution is 2.24. The Morgan fingerprint density at radius 3 is 2.84 bits per heavy atom. The highest BCUT2D eigenvalue weighted by atomic mass is 19.1. The van der Waals surface area contributed by atoms with Gasteiger partial charge < -0.3 is 0 Å². The molecule has 0 aliphatic heterocycles. The van der Waals surface area contributed by atoms with Gasteiger partial charge >= 0.3 is 0 Å². The molecule has 1 aromatic carbocycles. The van der Waals surface area contributed by atoms with Crippen LogP contribution >= 0.6 is 0 Å². The Balaban J connectivity index is 2.51. The van der Waals surface area contributed by atoms with Gasteiger partial charge in [0.1, 0.15) is 24.3 Å². The fourth-order valence-corrected chi connectivity index (χ4v) is 1.68. The molecule has 1 aromatic heterocycles. The zero-order chi connectivity index (χ0) is 13.8. The lowest BCUT2D eigenvalue weighted by molar-refractivity contribution is 0.594. The molecular weight excluding hydrogens is 250 g/mol. The van der Waals surface area contributed by atoms with E-state index < -0.39 is 11.6 Å². The van der Waals surface area contributed by atoms with Crippen LogP contribution in [0.2, 0.25) is 0 Å². The summed E-state index contributed by atoms with van der Waals surface area (Å²) in [6.45, 7) is 1.70. The fraction of sp³-hybridized carbons (Fsp3) is 0.154. The van der Waals surface area contributed by atoms with Crippen LogP contribution in [0.25, 0.3) is 5.57 Å². The number of hydrogen-bond donors (Lipinski definition) is 0. The normalized spacial score (nSPS) is 11.9. The van der Waals surface area contributed by atoms with Gasteiger partial charge in [0.2, 0.25) is 0 Å². The van der Waals surface area contributed by atoms with Gasteiger partial charge in [-0.25, -0.2) is 18.4 Å². The molecule has 0 radical (unpaired) electrons. The average Bonchev–Trinajstić information content (AvgIpc) is 2.91. The number of benzene rings is 1. The molecule has 0 atom stereocenters. The number of rotatable bonds is 3. The van der Waals surface area contributed by atoms with Crippen molar-refractivity contribution in [1.29, 1.82) is 5.26 Å². The number of nitrogens with zero attached hydrogens (tertiary/aromatic N) is 4. The average molecular weight is 260 g/mol. The molecule has 0 bridgehead atoms. The van der Waals surface area contributed by atoms with Crippen LogP contribution in [0, 0.1) is 23.0 Å². The Hall–Kier alpha value is -2.55. The lowest BCUT2D eigenvalue weighted by Gasteiger charge is -2.10. The monoisotopic (exact) mass is 260 g/mol. The fourth-order valence-electron chi connectivity index (χ4n) is 1.68.